The van der Waals surface area contributed by atoms with Crippen LogP contribution in [0.1, 0.15) is 12.5 Å². The maximum absolute atomic E-state index is 14.2. The Morgan fingerprint density at radius 2 is 1.68 bits per heavy atom. The average Bonchev–Trinajstić information content (AvgIpc) is 2.68. The van der Waals surface area contributed by atoms with Crippen molar-refractivity contribution >= 4 is 16.7 Å². The van der Waals surface area contributed by atoms with Gasteiger partial charge in [0.05, 0.1) is 5.56 Å². The summed E-state index contributed by atoms with van der Waals surface area (Å²) in [6, 6.07) is 11.1. The third-order valence-electron chi connectivity index (χ3n) is 3.94. The number of hydrogen-bond acceptors (Lipinski definition) is 4. The molecule has 28 heavy (non-hydrogen) atoms. The fourth-order valence-corrected chi connectivity index (χ4v) is 2.55. The number of halogens is 3. The number of carbonyl (C=O) groups is 1. The molecule has 0 saturated heterocycles. The number of carboxylic acid groups (broad SMARTS) is 1. The highest BCUT2D eigenvalue weighted by atomic mass is 19.2. The Kier molecular flexibility index (Phi) is 5.09. The molecule has 0 radical (unpaired) electrons. The molecule has 1 unspecified atom stereocenters. The number of carboxylic acids is 1. The quantitative estimate of drug-likeness (QED) is 0.638. The van der Waals surface area contributed by atoms with Gasteiger partial charge in [0.15, 0.2) is 17.7 Å². The highest BCUT2D eigenvalue weighted by Crippen LogP contribution is 2.37. The molecular formula is C20H12F3NO4. The lowest BCUT2D eigenvalue weighted by molar-refractivity contribution is -0.144. The second-order valence-electron chi connectivity index (χ2n) is 5.78. The molecule has 0 spiro atoms. The summed E-state index contributed by atoms with van der Waals surface area (Å²) >= 11 is 0. The van der Waals surface area contributed by atoms with E-state index in [0.29, 0.717) is 16.8 Å². The van der Waals surface area contributed by atoms with Crippen molar-refractivity contribution in [2.24, 2.45) is 0 Å². The van der Waals surface area contributed by atoms with Crippen LogP contribution in [0.5, 0.6) is 17.2 Å². The van der Waals surface area contributed by atoms with Crippen LogP contribution in [-0.4, -0.2) is 17.2 Å². The van der Waals surface area contributed by atoms with E-state index in [1.54, 1.807) is 18.2 Å². The first kappa shape index (κ1) is 19.0. The van der Waals surface area contributed by atoms with Gasteiger partial charge in [-0.15, -0.1) is 0 Å². The fourth-order valence-electron chi connectivity index (χ4n) is 2.55. The van der Waals surface area contributed by atoms with Crippen LogP contribution < -0.4 is 9.47 Å². The molecule has 3 aromatic rings. The molecule has 0 aliphatic rings. The van der Waals surface area contributed by atoms with Gasteiger partial charge in [-0.05, 0) is 25.1 Å². The molecule has 0 saturated carbocycles. The normalized spacial score (nSPS) is 11.7. The van der Waals surface area contributed by atoms with E-state index < -0.39 is 40.8 Å². The zero-order valence-electron chi connectivity index (χ0n) is 14.4. The SMILES string of the molecule is CC(Oc1cccc2c(Oc3c(F)cc(C#N)c(F)c3F)cccc12)C(=O)O. The Balaban J connectivity index is 2.08. The number of nitriles is 1. The highest BCUT2D eigenvalue weighted by molar-refractivity contribution is 5.93. The van der Waals surface area contributed by atoms with Crippen LogP contribution in [0.15, 0.2) is 42.5 Å². The topological polar surface area (TPSA) is 79.5 Å². The summed E-state index contributed by atoms with van der Waals surface area (Å²) in [5.41, 5.74) is -0.779. The predicted octanol–water partition coefficient (Wildman–Crippen LogP) is 4.77. The molecule has 0 heterocycles. The van der Waals surface area contributed by atoms with Crippen LogP contribution in [0.25, 0.3) is 10.8 Å². The molecule has 1 atom stereocenters. The van der Waals surface area contributed by atoms with Crippen molar-refractivity contribution in [1.82, 2.24) is 0 Å². The number of rotatable bonds is 5. The summed E-state index contributed by atoms with van der Waals surface area (Å²) in [4.78, 5) is 11.0. The van der Waals surface area contributed by atoms with Gasteiger partial charge in [0.2, 0.25) is 11.6 Å². The molecule has 3 aromatic carbocycles. The zero-order valence-corrected chi connectivity index (χ0v) is 14.4. The van der Waals surface area contributed by atoms with Gasteiger partial charge in [0.1, 0.15) is 17.6 Å². The molecule has 0 bridgehead atoms. The van der Waals surface area contributed by atoms with E-state index in [1.165, 1.54) is 31.2 Å². The number of hydrogen-bond donors (Lipinski definition) is 1. The lowest BCUT2D eigenvalue weighted by atomic mass is 10.1. The Morgan fingerprint density at radius 3 is 2.29 bits per heavy atom. The Bertz CT molecular complexity index is 1120. The van der Waals surface area contributed by atoms with Gasteiger partial charge in [-0.25, -0.2) is 13.6 Å². The van der Waals surface area contributed by atoms with E-state index in [4.69, 9.17) is 19.8 Å². The minimum absolute atomic E-state index is 0.00663. The third-order valence-corrected chi connectivity index (χ3v) is 3.94. The monoisotopic (exact) mass is 387 g/mol. The molecule has 8 heteroatoms. The zero-order chi connectivity index (χ0) is 20.4. The van der Waals surface area contributed by atoms with Crippen LogP contribution >= 0.6 is 0 Å². The first-order valence-electron chi connectivity index (χ1n) is 8.00. The van der Waals surface area contributed by atoms with Gasteiger partial charge in [0, 0.05) is 10.8 Å². The van der Waals surface area contributed by atoms with E-state index in [0.717, 1.165) is 0 Å². The summed E-state index contributed by atoms with van der Waals surface area (Å²) in [6.07, 6.45) is -1.13. The molecule has 0 fully saturated rings. The van der Waals surface area contributed by atoms with Gasteiger partial charge < -0.3 is 14.6 Å². The smallest absolute Gasteiger partial charge is 0.344 e. The van der Waals surface area contributed by atoms with Crippen LogP contribution in [0.2, 0.25) is 0 Å². The van der Waals surface area contributed by atoms with Crippen molar-refractivity contribution in [2.45, 2.75) is 13.0 Å². The van der Waals surface area contributed by atoms with E-state index in [-0.39, 0.29) is 11.5 Å². The summed E-state index contributed by atoms with van der Waals surface area (Å²) in [5, 5.41) is 18.5. The van der Waals surface area contributed by atoms with Gasteiger partial charge in [0.25, 0.3) is 0 Å². The van der Waals surface area contributed by atoms with Gasteiger partial charge >= 0.3 is 5.97 Å². The maximum Gasteiger partial charge on any atom is 0.344 e. The maximum atomic E-state index is 14.2. The molecule has 5 nitrogen and oxygen atoms in total. The summed E-state index contributed by atoms with van der Waals surface area (Å²) < 4.78 is 52.8. The number of ether oxygens (including phenoxy) is 2. The van der Waals surface area contributed by atoms with Crippen LogP contribution in [-0.2, 0) is 4.79 Å². The van der Waals surface area contributed by atoms with Crippen molar-refractivity contribution in [3.63, 3.8) is 0 Å². The molecule has 1 N–H and O–H groups in total. The van der Waals surface area contributed by atoms with Crippen molar-refractivity contribution in [3.05, 3.63) is 65.5 Å². The molecule has 0 aliphatic heterocycles. The van der Waals surface area contributed by atoms with Crippen molar-refractivity contribution in [1.29, 1.82) is 5.26 Å². The minimum atomic E-state index is -1.62. The largest absolute Gasteiger partial charge is 0.479 e. The predicted molar refractivity (Wildman–Crippen MR) is 92.8 cm³/mol. The number of benzene rings is 3. The van der Waals surface area contributed by atoms with Crippen LogP contribution in [0.4, 0.5) is 13.2 Å². The Labute approximate surface area is 157 Å². The Hall–Kier alpha value is -3.73. The number of nitrogens with zero attached hydrogens (tertiary/aromatic N) is 1. The van der Waals surface area contributed by atoms with Crippen molar-refractivity contribution in [2.75, 3.05) is 0 Å². The fraction of sp³-hybridized carbons (Fsp3) is 0.100. The third kappa shape index (κ3) is 3.42. The minimum Gasteiger partial charge on any atom is -0.479 e. The van der Waals surface area contributed by atoms with Crippen molar-refractivity contribution < 1.29 is 32.5 Å². The molecule has 0 aliphatic carbocycles. The van der Waals surface area contributed by atoms with Gasteiger partial charge in [-0.1, -0.05) is 24.3 Å². The standard InChI is InChI=1S/C20H12F3NO4/c1-10(20(25)26)27-15-6-2-5-13-12(15)4-3-7-16(13)28-19-14(21)8-11(9-24)17(22)18(19)23/h2-8,10H,1H3,(H,25,26). The van der Waals surface area contributed by atoms with Gasteiger partial charge in [-0.3, -0.25) is 0 Å². The van der Waals surface area contributed by atoms with E-state index in [9.17, 15) is 18.0 Å². The second-order valence-corrected chi connectivity index (χ2v) is 5.78. The molecule has 0 aromatic heterocycles. The van der Waals surface area contributed by atoms with Crippen LogP contribution in [0.3, 0.4) is 0 Å². The first-order chi connectivity index (χ1) is 13.3. The van der Waals surface area contributed by atoms with E-state index in [2.05, 4.69) is 0 Å². The number of aliphatic carboxylic acids is 1. The highest BCUT2D eigenvalue weighted by Gasteiger charge is 2.22. The molecule has 142 valence electrons. The average molecular weight is 387 g/mol. The number of fused-ring (bicyclic) bond motifs is 1. The van der Waals surface area contributed by atoms with Gasteiger partial charge in [-0.2, -0.15) is 9.65 Å². The lowest BCUT2D eigenvalue weighted by Crippen LogP contribution is -2.22. The van der Waals surface area contributed by atoms with Crippen molar-refractivity contribution in [3.8, 4) is 23.3 Å². The Morgan fingerprint density at radius 1 is 1.07 bits per heavy atom. The van der Waals surface area contributed by atoms with E-state index in [1.807, 2.05) is 0 Å². The molecular weight excluding hydrogens is 375 g/mol. The molecule has 0 amide bonds. The summed E-state index contributed by atoms with van der Waals surface area (Å²) in [5.74, 6) is -6.31. The summed E-state index contributed by atoms with van der Waals surface area (Å²) in [6.45, 7) is 1.35. The van der Waals surface area contributed by atoms with Crippen LogP contribution in [0, 0.1) is 28.8 Å². The second kappa shape index (κ2) is 7.48. The molecule has 3 rings (SSSR count). The lowest BCUT2D eigenvalue weighted by Gasteiger charge is -2.15. The first-order valence-corrected chi connectivity index (χ1v) is 8.00. The summed E-state index contributed by atoms with van der Waals surface area (Å²) in [7, 11) is 0. The van der Waals surface area contributed by atoms with E-state index >= 15 is 0 Å².